The smallest absolute Gasteiger partial charge is 0.408 e. The van der Waals surface area contributed by atoms with Crippen LogP contribution in [0.4, 0.5) is 4.79 Å². The van der Waals surface area contributed by atoms with E-state index in [4.69, 9.17) is 4.74 Å². The Hall–Kier alpha value is -2.28. The van der Waals surface area contributed by atoms with Crippen LogP contribution in [0.3, 0.4) is 0 Å². The summed E-state index contributed by atoms with van der Waals surface area (Å²) in [5.41, 5.74) is 1.21. The third-order valence-corrected chi connectivity index (χ3v) is 7.51. The van der Waals surface area contributed by atoms with Gasteiger partial charge in [0.15, 0.2) is 0 Å². The summed E-state index contributed by atoms with van der Waals surface area (Å²) in [5.74, 6) is 1.86. The first-order valence-electron chi connectivity index (χ1n) is 11.0. The van der Waals surface area contributed by atoms with Gasteiger partial charge in [-0.1, -0.05) is 39.0 Å². The van der Waals surface area contributed by atoms with Gasteiger partial charge in [-0.15, -0.1) is 0 Å². The number of carboxylic acid groups (broad SMARTS) is 1. The number of amides is 2. The zero-order valence-electron chi connectivity index (χ0n) is 17.9. The van der Waals surface area contributed by atoms with Crippen LogP contribution < -0.4 is 10.1 Å². The van der Waals surface area contributed by atoms with Crippen LogP contribution in [0, 0.1) is 17.3 Å². The normalized spacial score (nSPS) is 35.0. The zero-order valence-corrected chi connectivity index (χ0v) is 17.9. The number of piperazine rings is 1. The number of carbonyl (C=O) groups excluding carboxylic acids is 1. The summed E-state index contributed by atoms with van der Waals surface area (Å²) in [4.78, 5) is 29.1. The monoisotopic (exact) mass is 413 g/mol. The first kappa shape index (κ1) is 19.7. The largest absolute Gasteiger partial charge is 0.493 e. The summed E-state index contributed by atoms with van der Waals surface area (Å²) < 4.78 is 5.70. The highest BCUT2D eigenvalue weighted by atomic mass is 16.5. The zero-order chi connectivity index (χ0) is 21.2. The molecular formula is C23H31N3O4. The van der Waals surface area contributed by atoms with E-state index < -0.39 is 12.1 Å². The number of hydrogen-bond donors (Lipinski definition) is 2. The number of carbonyl (C=O) groups is 2. The van der Waals surface area contributed by atoms with E-state index in [2.05, 4.69) is 31.0 Å². The highest BCUT2D eigenvalue weighted by Crippen LogP contribution is 2.61. The van der Waals surface area contributed by atoms with Crippen molar-refractivity contribution in [1.29, 1.82) is 0 Å². The van der Waals surface area contributed by atoms with Crippen molar-refractivity contribution in [3.8, 4) is 5.75 Å². The van der Waals surface area contributed by atoms with Gasteiger partial charge in [-0.05, 0) is 29.7 Å². The molecule has 3 heterocycles. The maximum Gasteiger partial charge on any atom is 0.408 e. The second-order valence-electron chi connectivity index (χ2n) is 10.3. The molecule has 30 heavy (non-hydrogen) atoms. The van der Waals surface area contributed by atoms with Gasteiger partial charge in [-0.2, -0.15) is 0 Å². The predicted molar refractivity (Wildman–Crippen MR) is 111 cm³/mol. The Morgan fingerprint density at radius 2 is 1.97 bits per heavy atom. The molecule has 3 aliphatic heterocycles. The summed E-state index contributed by atoms with van der Waals surface area (Å²) in [6, 6.07) is 7.64. The highest BCUT2D eigenvalue weighted by Gasteiger charge is 2.65. The maximum atomic E-state index is 13.3. The van der Waals surface area contributed by atoms with E-state index in [1.54, 1.807) is 0 Å². The van der Waals surface area contributed by atoms with Gasteiger partial charge in [0.1, 0.15) is 11.8 Å². The molecule has 7 heteroatoms. The minimum absolute atomic E-state index is 0.148. The van der Waals surface area contributed by atoms with Crippen molar-refractivity contribution in [1.82, 2.24) is 15.1 Å². The lowest BCUT2D eigenvalue weighted by Gasteiger charge is -2.44. The predicted octanol–water partition coefficient (Wildman–Crippen LogP) is 2.72. The van der Waals surface area contributed by atoms with Crippen molar-refractivity contribution in [3.63, 3.8) is 0 Å². The molecular weight excluding hydrogens is 382 g/mol. The van der Waals surface area contributed by atoms with Crippen molar-refractivity contribution < 1.29 is 19.4 Å². The molecule has 0 bridgehead atoms. The standard InChI is InChI=1S/C23H31N3O4/c1-23(2,3)19-15-10-13-11-26(22(28)29)17(12-25(13)20(15)19)21(27)24-16-8-9-30-18-7-5-4-6-14(16)18/h4-7,13,15-17,19-20H,8-12H2,1-3H3,(H,24,27)(H,28,29)/t13-,15-,16-,17+,19?,20-/m1/s1. The van der Waals surface area contributed by atoms with Crippen molar-refractivity contribution >= 4 is 12.0 Å². The van der Waals surface area contributed by atoms with Gasteiger partial charge in [-0.25, -0.2) is 4.79 Å². The molecule has 3 fully saturated rings. The third-order valence-electron chi connectivity index (χ3n) is 7.51. The average molecular weight is 414 g/mol. The van der Waals surface area contributed by atoms with Crippen molar-refractivity contribution in [2.45, 2.75) is 57.8 Å². The highest BCUT2D eigenvalue weighted by molar-refractivity contribution is 5.86. The van der Waals surface area contributed by atoms with Gasteiger partial charge in [0.2, 0.25) is 5.91 Å². The number of rotatable bonds is 2. The third kappa shape index (κ3) is 3.14. The van der Waals surface area contributed by atoms with Gasteiger partial charge >= 0.3 is 6.09 Å². The number of piperidine rings is 1. The van der Waals surface area contributed by atoms with Crippen LogP contribution in [0.2, 0.25) is 0 Å². The van der Waals surface area contributed by atoms with Crippen LogP contribution >= 0.6 is 0 Å². The molecule has 162 valence electrons. The molecule has 1 unspecified atom stereocenters. The van der Waals surface area contributed by atoms with E-state index in [0.29, 0.717) is 44.0 Å². The summed E-state index contributed by atoms with van der Waals surface area (Å²) >= 11 is 0. The van der Waals surface area contributed by atoms with E-state index in [1.807, 2.05) is 24.3 Å². The minimum atomic E-state index is -1.00. The second-order valence-corrected chi connectivity index (χ2v) is 10.3. The minimum Gasteiger partial charge on any atom is -0.493 e. The molecule has 2 N–H and O–H groups in total. The molecule has 0 aromatic heterocycles. The Balaban J connectivity index is 1.34. The summed E-state index contributed by atoms with van der Waals surface area (Å²) in [6.07, 6.45) is 0.721. The summed E-state index contributed by atoms with van der Waals surface area (Å²) in [7, 11) is 0. The Labute approximate surface area is 177 Å². The molecule has 0 spiro atoms. The molecule has 5 rings (SSSR count). The van der Waals surface area contributed by atoms with E-state index >= 15 is 0 Å². The van der Waals surface area contributed by atoms with E-state index in [0.717, 1.165) is 17.7 Å². The van der Waals surface area contributed by atoms with E-state index in [9.17, 15) is 14.7 Å². The molecule has 1 aromatic carbocycles. The Kier molecular flexibility index (Phi) is 4.51. The molecule has 0 radical (unpaired) electrons. The quantitative estimate of drug-likeness (QED) is 0.779. The second kappa shape index (κ2) is 6.87. The van der Waals surface area contributed by atoms with Crippen molar-refractivity contribution in [2.75, 3.05) is 19.7 Å². The summed E-state index contributed by atoms with van der Waals surface area (Å²) in [6.45, 7) is 8.30. The maximum absolute atomic E-state index is 13.3. The van der Waals surface area contributed by atoms with Crippen LogP contribution in [0.15, 0.2) is 24.3 Å². The van der Waals surface area contributed by atoms with Gasteiger partial charge in [0.25, 0.3) is 0 Å². The molecule has 4 aliphatic rings. The molecule has 1 aromatic rings. The lowest BCUT2D eigenvalue weighted by Crippen LogP contribution is -2.63. The number of hydrogen-bond acceptors (Lipinski definition) is 4. The topological polar surface area (TPSA) is 82.1 Å². The van der Waals surface area contributed by atoms with Gasteiger partial charge in [0.05, 0.1) is 12.6 Å². The van der Waals surface area contributed by atoms with Crippen molar-refractivity contribution in [2.24, 2.45) is 17.3 Å². The van der Waals surface area contributed by atoms with E-state index in [-0.39, 0.29) is 23.4 Å². The van der Waals surface area contributed by atoms with Crippen LogP contribution in [-0.4, -0.2) is 64.7 Å². The van der Waals surface area contributed by atoms with Gasteiger partial charge < -0.3 is 15.2 Å². The number of benzene rings is 1. The Morgan fingerprint density at radius 3 is 2.70 bits per heavy atom. The number of nitrogens with one attached hydrogen (secondary N) is 1. The lowest BCUT2D eigenvalue weighted by atomic mass is 9.86. The Morgan fingerprint density at radius 1 is 1.20 bits per heavy atom. The fourth-order valence-electron chi connectivity index (χ4n) is 6.24. The van der Waals surface area contributed by atoms with Crippen LogP contribution in [-0.2, 0) is 4.79 Å². The lowest BCUT2D eigenvalue weighted by molar-refractivity contribution is -0.130. The molecule has 1 saturated carbocycles. The van der Waals surface area contributed by atoms with Crippen LogP contribution in [0.25, 0.3) is 0 Å². The molecule has 7 nitrogen and oxygen atoms in total. The fourth-order valence-corrected chi connectivity index (χ4v) is 6.24. The molecule has 2 saturated heterocycles. The number of para-hydroxylation sites is 1. The molecule has 2 amide bonds. The summed E-state index contributed by atoms with van der Waals surface area (Å²) in [5, 5.41) is 12.9. The Bertz CT molecular complexity index is 866. The van der Waals surface area contributed by atoms with Crippen LogP contribution in [0.1, 0.15) is 45.2 Å². The first-order chi connectivity index (χ1) is 14.3. The SMILES string of the molecule is CC(C)(C)C1[C@H]2C[C@@H]3CN(C(=O)O)[C@H](C(=O)N[C@@H]4CCOc5ccccc54)CN3[C@@H]12. The number of fused-ring (bicyclic) bond motifs is 4. The van der Waals surface area contributed by atoms with Gasteiger partial charge in [0, 0.05) is 37.2 Å². The number of ether oxygens (including phenoxy) is 1. The van der Waals surface area contributed by atoms with Crippen LogP contribution in [0.5, 0.6) is 5.75 Å². The van der Waals surface area contributed by atoms with E-state index in [1.165, 1.54) is 4.90 Å². The fraction of sp³-hybridized carbons (Fsp3) is 0.652. The first-order valence-corrected chi connectivity index (χ1v) is 11.0. The average Bonchev–Trinajstić information content (AvgIpc) is 3.32. The number of nitrogens with zero attached hydrogens (tertiary/aromatic N) is 2. The molecule has 6 atom stereocenters. The van der Waals surface area contributed by atoms with Gasteiger partial charge in [-0.3, -0.25) is 14.6 Å². The van der Waals surface area contributed by atoms with Crippen molar-refractivity contribution in [3.05, 3.63) is 29.8 Å². The molecule has 1 aliphatic carbocycles.